The van der Waals surface area contributed by atoms with Crippen LogP contribution in [0.1, 0.15) is 4.88 Å². The summed E-state index contributed by atoms with van der Waals surface area (Å²) in [5, 5.41) is 3.40. The van der Waals surface area contributed by atoms with E-state index >= 15 is 0 Å². The number of hydrogen-bond acceptors (Lipinski definition) is 3. The fourth-order valence-corrected chi connectivity index (χ4v) is 3.29. The van der Waals surface area contributed by atoms with E-state index in [9.17, 15) is 0 Å². The molecule has 0 aliphatic heterocycles. The number of nitrogens with zero attached hydrogens (tertiary/aromatic N) is 1. The minimum atomic E-state index is 0.785. The second-order valence-electron chi connectivity index (χ2n) is 4.13. The Morgan fingerprint density at radius 1 is 1.33 bits per heavy atom. The highest BCUT2D eigenvalue weighted by molar-refractivity contribution is 9.10. The van der Waals surface area contributed by atoms with Crippen molar-refractivity contribution >= 4 is 50.2 Å². The lowest BCUT2D eigenvalue weighted by molar-refractivity contribution is 1.12. The molecule has 2 nitrogen and oxygen atoms in total. The molecule has 18 heavy (non-hydrogen) atoms. The largest absolute Gasteiger partial charge is 0.380 e. The van der Waals surface area contributed by atoms with Gasteiger partial charge in [0.25, 0.3) is 0 Å². The van der Waals surface area contributed by atoms with E-state index in [2.05, 4.69) is 56.5 Å². The summed E-state index contributed by atoms with van der Waals surface area (Å²) in [6, 6.07) is 10.4. The van der Waals surface area contributed by atoms with Crippen LogP contribution in [0.15, 0.2) is 34.8 Å². The Balaban J connectivity index is 2.03. The van der Waals surface area contributed by atoms with Crippen LogP contribution >= 0.6 is 38.9 Å². The van der Waals surface area contributed by atoms with Crippen LogP contribution in [0.25, 0.3) is 0 Å². The highest BCUT2D eigenvalue weighted by Crippen LogP contribution is 2.32. The van der Waals surface area contributed by atoms with E-state index in [1.807, 2.05) is 14.1 Å². The second-order valence-corrected chi connectivity index (χ2v) is 6.73. The fourth-order valence-electron chi connectivity index (χ4n) is 1.56. The zero-order valence-corrected chi connectivity index (χ0v) is 13.4. The van der Waals surface area contributed by atoms with Crippen LogP contribution in [0, 0.1) is 0 Å². The molecule has 0 unspecified atom stereocenters. The minimum absolute atomic E-state index is 0.785. The predicted molar refractivity (Wildman–Crippen MR) is 85.1 cm³/mol. The minimum Gasteiger partial charge on any atom is -0.380 e. The van der Waals surface area contributed by atoms with E-state index in [-0.39, 0.29) is 0 Å². The fraction of sp³-hybridized carbons (Fsp3) is 0.231. The van der Waals surface area contributed by atoms with Crippen molar-refractivity contribution in [1.82, 2.24) is 0 Å². The van der Waals surface area contributed by atoms with Gasteiger partial charge in [0.2, 0.25) is 0 Å². The van der Waals surface area contributed by atoms with Gasteiger partial charge < -0.3 is 10.2 Å². The van der Waals surface area contributed by atoms with Crippen LogP contribution < -0.4 is 10.2 Å². The lowest BCUT2D eigenvalue weighted by Gasteiger charge is -2.14. The van der Waals surface area contributed by atoms with Gasteiger partial charge in [-0.3, -0.25) is 0 Å². The van der Waals surface area contributed by atoms with E-state index in [4.69, 9.17) is 11.6 Å². The van der Waals surface area contributed by atoms with Crippen molar-refractivity contribution in [3.63, 3.8) is 0 Å². The predicted octanol–water partition coefficient (Wildman–Crippen LogP) is 4.84. The molecule has 0 atom stereocenters. The highest BCUT2D eigenvalue weighted by Gasteiger charge is 2.04. The monoisotopic (exact) mass is 344 g/mol. The molecule has 96 valence electrons. The molecule has 0 saturated heterocycles. The maximum Gasteiger partial charge on any atom is 0.107 e. The molecule has 0 fully saturated rings. The first kappa shape index (κ1) is 13.7. The zero-order chi connectivity index (χ0) is 13.1. The maximum absolute atomic E-state index is 6.02. The van der Waals surface area contributed by atoms with Crippen molar-refractivity contribution < 1.29 is 0 Å². The standard InChI is InChI=1S/C13H14BrClN2S/c1-17(2)10-5-3-4-9(6-10)16-8-11-7-12(14)13(15)18-11/h3-7,16H,8H2,1-2H3. The average molecular weight is 346 g/mol. The number of nitrogens with one attached hydrogen (secondary N) is 1. The summed E-state index contributed by atoms with van der Waals surface area (Å²) < 4.78 is 1.77. The number of halogens is 2. The van der Waals surface area contributed by atoms with Gasteiger partial charge in [-0.2, -0.15) is 0 Å². The van der Waals surface area contributed by atoms with E-state index in [1.165, 1.54) is 10.6 Å². The third kappa shape index (κ3) is 3.40. The molecule has 0 spiro atoms. The quantitative estimate of drug-likeness (QED) is 0.852. The SMILES string of the molecule is CN(C)c1cccc(NCc2cc(Br)c(Cl)s2)c1. The van der Waals surface area contributed by atoms with Crippen LogP contribution in [-0.2, 0) is 6.54 Å². The second kappa shape index (κ2) is 5.95. The summed E-state index contributed by atoms with van der Waals surface area (Å²) in [6.07, 6.45) is 0. The summed E-state index contributed by atoms with van der Waals surface area (Å²) >= 11 is 11.0. The number of hydrogen-bond donors (Lipinski definition) is 1. The third-order valence-corrected chi connectivity index (χ3v) is 5.00. The van der Waals surface area contributed by atoms with Gasteiger partial charge >= 0.3 is 0 Å². The number of thiophene rings is 1. The molecule has 0 aliphatic carbocycles. The molecule has 1 N–H and O–H groups in total. The number of benzene rings is 1. The molecular weight excluding hydrogens is 332 g/mol. The Morgan fingerprint density at radius 3 is 2.72 bits per heavy atom. The highest BCUT2D eigenvalue weighted by atomic mass is 79.9. The molecular formula is C13H14BrClN2S. The Hall–Kier alpha value is -0.710. The number of anilines is 2. The van der Waals surface area contributed by atoms with Crippen molar-refractivity contribution in [3.8, 4) is 0 Å². The number of rotatable bonds is 4. The van der Waals surface area contributed by atoms with Crippen molar-refractivity contribution in [2.45, 2.75) is 6.54 Å². The van der Waals surface area contributed by atoms with Crippen molar-refractivity contribution in [1.29, 1.82) is 0 Å². The van der Waals surface area contributed by atoms with Gasteiger partial charge in [0.15, 0.2) is 0 Å². The summed E-state index contributed by atoms with van der Waals surface area (Å²) in [6.45, 7) is 0.785. The summed E-state index contributed by atoms with van der Waals surface area (Å²) in [5.41, 5.74) is 2.30. The zero-order valence-electron chi connectivity index (χ0n) is 10.2. The molecule has 2 rings (SSSR count). The molecule has 5 heteroatoms. The van der Waals surface area contributed by atoms with E-state index < -0.39 is 0 Å². The van der Waals surface area contributed by atoms with Gasteiger partial charge in [0.1, 0.15) is 4.34 Å². The van der Waals surface area contributed by atoms with Crippen LogP contribution in [-0.4, -0.2) is 14.1 Å². The lowest BCUT2D eigenvalue weighted by atomic mass is 10.2. The van der Waals surface area contributed by atoms with Crippen molar-refractivity contribution in [2.75, 3.05) is 24.3 Å². The van der Waals surface area contributed by atoms with Gasteiger partial charge in [-0.05, 0) is 40.2 Å². The van der Waals surface area contributed by atoms with Crippen LogP contribution in [0.4, 0.5) is 11.4 Å². The normalized spacial score (nSPS) is 10.4. The summed E-state index contributed by atoms with van der Waals surface area (Å²) in [7, 11) is 4.07. The van der Waals surface area contributed by atoms with Crippen molar-refractivity contribution in [2.24, 2.45) is 0 Å². The first-order chi connectivity index (χ1) is 8.56. The van der Waals surface area contributed by atoms with Crippen molar-refractivity contribution in [3.05, 3.63) is 44.0 Å². The van der Waals surface area contributed by atoms with Gasteiger partial charge in [0.05, 0.1) is 0 Å². The molecule has 0 saturated carbocycles. The van der Waals surface area contributed by atoms with Crippen LogP contribution in [0.5, 0.6) is 0 Å². The first-order valence-corrected chi connectivity index (χ1v) is 7.50. The molecule has 1 heterocycles. The van der Waals surface area contributed by atoms with Crippen LogP contribution in [0.2, 0.25) is 4.34 Å². The molecule has 1 aromatic carbocycles. The van der Waals surface area contributed by atoms with E-state index in [0.29, 0.717) is 0 Å². The molecule has 1 aromatic heterocycles. The molecule has 0 bridgehead atoms. The molecule has 0 aliphatic rings. The van der Waals surface area contributed by atoms with Gasteiger partial charge in [-0.25, -0.2) is 0 Å². The smallest absolute Gasteiger partial charge is 0.107 e. The topological polar surface area (TPSA) is 15.3 Å². The Morgan fingerprint density at radius 2 is 2.11 bits per heavy atom. The summed E-state index contributed by atoms with van der Waals surface area (Å²) in [4.78, 5) is 3.30. The molecule has 2 aromatic rings. The first-order valence-electron chi connectivity index (χ1n) is 5.51. The van der Waals surface area contributed by atoms with E-state index in [1.54, 1.807) is 11.3 Å². The van der Waals surface area contributed by atoms with Gasteiger partial charge in [0, 0.05) is 41.4 Å². The Bertz CT molecular complexity index is 520. The average Bonchev–Trinajstić information content (AvgIpc) is 2.67. The van der Waals surface area contributed by atoms with Gasteiger partial charge in [-0.1, -0.05) is 17.7 Å². The Labute approximate surface area is 125 Å². The molecule has 0 radical (unpaired) electrons. The lowest BCUT2D eigenvalue weighted by Crippen LogP contribution is -2.08. The Kier molecular flexibility index (Phi) is 4.54. The van der Waals surface area contributed by atoms with E-state index in [0.717, 1.165) is 21.0 Å². The maximum atomic E-state index is 6.02. The van der Waals surface area contributed by atoms with Gasteiger partial charge in [-0.15, -0.1) is 11.3 Å². The summed E-state index contributed by atoms with van der Waals surface area (Å²) in [5.74, 6) is 0. The van der Waals surface area contributed by atoms with Crippen LogP contribution in [0.3, 0.4) is 0 Å². The molecule has 0 amide bonds. The third-order valence-electron chi connectivity index (χ3n) is 2.53.